The third-order valence-electron chi connectivity index (χ3n) is 2.57. The van der Waals surface area contributed by atoms with Crippen LogP contribution in [0.25, 0.3) is 10.2 Å². The van der Waals surface area contributed by atoms with Gasteiger partial charge in [-0.1, -0.05) is 6.92 Å². The van der Waals surface area contributed by atoms with E-state index in [4.69, 9.17) is 11.6 Å². The third kappa shape index (κ3) is 4.69. The fraction of sp³-hybridized carbons (Fsp3) is 0.500. The van der Waals surface area contributed by atoms with E-state index in [-0.39, 0.29) is 18.4 Å². The Morgan fingerprint density at radius 2 is 2.14 bits per heavy atom. The quantitative estimate of drug-likeness (QED) is 0.640. The zero-order valence-corrected chi connectivity index (χ0v) is 12.7. The Labute approximate surface area is 128 Å². The largest absolute Gasteiger partial charge is 0.411 e. The van der Waals surface area contributed by atoms with Crippen molar-refractivity contribution >= 4 is 39.0 Å². The van der Waals surface area contributed by atoms with Crippen molar-refractivity contribution < 1.29 is 17.9 Å². The number of alkyl halides is 3. The molecule has 0 saturated carbocycles. The Balaban J connectivity index is 1.99. The fourth-order valence-electron chi connectivity index (χ4n) is 1.68. The number of fused-ring (bicyclic) bond motifs is 1. The van der Waals surface area contributed by atoms with E-state index < -0.39 is 12.8 Å². The van der Waals surface area contributed by atoms with Gasteiger partial charge in [-0.3, -0.25) is 0 Å². The molecule has 0 radical (unpaired) electrons. The van der Waals surface area contributed by atoms with Gasteiger partial charge in [0.05, 0.1) is 12.0 Å². The number of nitrogens with zero attached hydrogens (tertiary/aromatic N) is 2. The Hall–Kier alpha value is -1.12. The Kier molecular flexibility index (Phi) is 5.23. The second-order valence-electron chi connectivity index (χ2n) is 4.22. The minimum atomic E-state index is -4.31. The molecule has 2 aromatic rings. The van der Waals surface area contributed by atoms with Crippen LogP contribution in [0.15, 0.2) is 6.07 Å². The highest BCUT2D eigenvalue weighted by molar-refractivity contribution is 7.18. The summed E-state index contributed by atoms with van der Waals surface area (Å²) in [4.78, 5) is 10.1. The molecule has 0 aromatic carbocycles. The summed E-state index contributed by atoms with van der Waals surface area (Å²) in [5, 5.41) is 3.85. The van der Waals surface area contributed by atoms with E-state index in [1.54, 1.807) is 0 Å². The van der Waals surface area contributed by atoms with E-state index in [0.717, 1.165) is 21.5 Å². The van der Waals surface area contributed by atoms with E-state index in [0.29, 0.717) is 5.82 Å². The normalized spacial score (nSPS) is 12.0. The molecular formula is C12H13ClF3N3OS. The molecule has 2 aromatic heterocycles. The van der Waals surface area contributed by atoms with Gasteiger partial charge in [0, 0.05) is 11.4 Å². The molecule has 9 heteroatoms. The summed E-state index contributed by atoms with van der Waals surface area (Å²) in [6.07, 6.45) is -3.44. The number of nitrogens with one attached hydrogen (secondary N) is 1. The second-order valence-corrected chi connectivity index (χ2v) is 5.67. The topological polar surface area (TPSA) is 47.0 Å². The lowest BCUT2D eigenvalue weighted by Gasteiger charge is -2.09. The molecule has 0 fully saturated rings. The molecule has 0 aliphatic heterocycles. The van der Waals surface area contributed by atoms with Gasteiger partial charge in [-0.25, -0.2) is 9.97 Å². The molecular weight excluding hydrogens is 327 g/mol. The number of hydrogen-bond acceptors (Lipinski definition) is 5. The summed E-state index contributed by atoms with van der Waals surface area (Å²) in [7, 11) is 0. The van der Waals surface area contributed by atoms with Gasteiger partial charge in [-0.05, 0) is 24.1 Å². The lowest BCUT2D eigenvalue weighted by Crippen LogP contribution is -2.20. The van der Waals surface area contributed by atoms with Gasteiger partial charge in [0.15, 0.2) is 0 Å². The summed E-state index contributed by atoms with van der Waals surface area (Å²) in [6, 6.07) is 1.95. The molecule has 0 atom stereocenters. The van der Waals surface area contributed by atoms with E-state index in [9.17, 15) is 13.2 Å². The van der Waals surface area contributed by atoms with Crippen LogP contribution < -0.4 is 5.32 Å². The van der Waals surface area contributed by atoms with E-state index in [1.807, 2.05) is 13.0 Å². The number of rotatable bonds is 6. The van der Waals surface area contributed by atoms with Crippen LogP contribution in [0, 0.1) is 0 Å². The summed E-state index contributed by atoms with van der Waals surface area (Å²) in [5.41, 5.74) is 0. The molecule has 2 rings (SSSR count). The molecule has 21 heavy (non-hydrogen) atoms. The molecule has 2 heterocycles. The SMILES string of the molecule is CCc1cc2c(NCCOCC(F)(F)F)nc(Cl)nc2s1. The van der Waals surface area contributed by atoms with Crippen molar-refractivity contribution in [2.45, 2.75) is 19.5 Å². The van der Waals surface area contributed by atoms with Gasteiger partial charge in [0.2, 0.25) is 5.28 Å². The number of ether oxygens (including phenoxy) is 1. The summed E-state index contributed by atoms with van der Waals surface area (Å²) in [5.74, 6) is 0.511. The standard InChI is InChI=1S/C12H13ClF3N3OS/c1-2-7-5-8-9(18-11(13)19-10(8)21-7)17-3-4-20-6-12(14,15)16/h5H,2-4,6H2,1H3,(H,17,18,19). The van der Waals surface area contributed by atoms with Crippen molar-refractivity contribution in [1.29, 1.82) is 0 Å². The summed E-state index contributed by atoms with van der Waals surface area (Å²) >= 11 is 7.36. The Morgan fingerprint density at radius 1 is 1.38 bits per heavy atom. The maximum atomic E-state index is 11.9. The van der Waals surface area contributed by atoms with Crippen molar-refractivity contribution in [3.8, 4) is 0 Å². The van der Waals surface area contributed by atoms with Gasteiger partial charge in [0.25, 0.3) is 0 Å². The van der Waals surface area contributed by atoms with E-state index in [2.05, 4.69) is 20.0 Å². The first-order chi connectivity index (χ1) is 9.89. The average Bonchev–Trinajstić information content (AvgIpc) is 2.79. The predicted molar refractivity (Wildman–Crippen MR) is 77.2 cm³/mol. The van der Waals surface area contributed by atoms with Crippen molar-refractivity contribution in [2.75, 3.05) is 25.1 Å². The number of aryl methyl sites for hydroxylation is 1. The van der Waals surface area contributed by atoms with Crippen LogP contribution in [0.1, 0.15) is 11.8 Å². The van der Waals surface area contributed by atoms with Gasteiger partial charge in [-0.15, -0.1) is 11.3 Å². The maximum Gasteiger partial charge on any atom is 0.411 e. The molecule has 0 aliphatic rings. The first-order valence-corrected chi connectivity index (χ1v) is 7.43. The predicted octanol–water partition coefficient (Wildman–Crippen LogP) is 3.90. The number of aromatic nitrogens is 2. The number of thiophene rings is 1. The third-order valence-corrected chi connectivity index (χ3v) is 3.91. The maximum absolute atomic E-state index is 11.9. The average molecular weight is 340 g/mol. The van der Waals surface area contributed by atoms with Gasteiger partial charge in [-0.2, -0.15) is 13.2 Å². The zero-order valence-electron chi connectivity index (χ0n) is 11.1. The number of hydrogen-bond donors (Lipinski definition) is 1. The van der Waals surface area contributed by atoms with Gasteiger partial charge in [0.1, 0.15) is 17.3 Å². The molecule has 1 N–H and O–H groups in total. The number of anilines is 1. The first-order valence-electron chi connectivity index (χ1n) is 6.23. The highest BCUT2D eigenvalue weighted by atomic mass is 35.5. The van der Waals surface area contributed by atoms with Crippen LogP contribution >= 0.6 is 22.9 Å². The van der Waals surface area contributed by atoms with Crippen LogP contribution in [0.3, 0.4) is 0 Å². The van der Waals surface area contributed by atoms with Gasteiger partial charge >= 0.3 is 6.18 Å². The molecule has 116 valence electrons. The summed E-state index contributed by atoms with van der Waals surface area (Å²) in [6.45, 7) is 0.897. The Bertz CT molecular complexity index is 618. The molecule has 0 bridgehead atoms. The highest BCUT2D eigenvalue weighted by Crippen LogP contribution is 2.30. The van der Waals surface area contributed by atoms with Crippen LogP contribution in [0.2, 0.25) is 5.28 Å². The highest BCUT2D eigenvalue weighted by Gasteiger charge is 2.27. The van der Waals surface area contributed by atoms with Crippen molar-refractivity contribution in [3.05, 3.63) is 16.2 Å². The molecule has 0 spiro atoms. The van der Waals surface area contributed by atoms with Crippen LogP contribution in [-0.4, -0.2) is 35.9 Å². The van der Waals surface area contributed by atoms with Crippen molar-refractivity contribution in [3.63, 3.8) is 0 Å². The minimum Gasteiger partial charge on any atom is -0.370 e. The van der Waals surface area contributed by atoms with Crippen molar-refractivity contribution in [1.82, 2.24) is 9.97 Å². The smallest absolute Gasteiger partial charge is 0.370 e. The molecule has 4 nitrogen and oxygen atoms in total. The van der Waals surface area contributed by atoms with Gasteiger partial charge < -0.3 is 10.1 Å². The fourth-order valence-corrected chi connectivity index (χ4v) is 2.87. The molecule has 0 amide bonds. The summed E-state index contributed by atoms with van der Waals surface area (Å²) < 4.78 is 40.3. The zero-order chi connectivity index (χ0) is 15.5. The lowest BCUT2D eigenvalue weighted by molar-refractivity contribution is -0.172. The second kappa shape index (κ2) is 6.76. The monoisotopic (exact) mass is 339 g/mol. The van der Waals surface area contributed by atoms with E-state index >= 15 is 0 Å². The van der Waals surface area contributed by atoms with Crippen LogP contribution in [-0.2, 0) is 11.2 Å². The first kappa shape index (κ1) is 16.3. The van der Waals surface area contributed by atoms with Crippen LogP contribution in [0.5, 0.6) is 0 Å². The van der Waals surface area contributed by atoms with Crippen molar-refractivity contribution in [2.24, 2.45) is 0 Å². The van der Waals surface area contributed by atoms with E-state index in [1.165, 1.54) is 11.3 Å². The molecule has 0 unspecified atom stereocenters. The Morgan fingerprint density at radius 3 is 2.81 bits per heavy atom. The molecule has 0 saturated heterocycles. The minimum absolute atomic E-state index is 0.0760. The lowest BCUT2D eigenvalue weighted by atomic mass is 10.3. The van der Waals surface area contributed by atoms with Crippen LogP contribution in [0.4, 0.5) is 19.0 Å². The number of halogens is 4. The molecule has 0 aliphatic carbocycles.